The molecule has 82 valence electrons. The van der Waals surface area contributed by atoms with Crippen LogP contribution in [0.5, 0.6) is 0 Å². The smallest absolute Gasteiger partial charge is 0.208 e. The van der Waals surface area contributed by atoms with Crippen molar-refractivity contribution in [2.24, 2.45) is 0 Å². The van der Waals surface area contributed by atoms with Gasteiger partial charge in [-0.1, -0.05) is 11.6 Å². The van der Waals surface area contributed by atoms with Crippen LogP contribution in [0.25, 0.3) is 0 Å². The fourth-order valence-electron chi connectivity index (χ4n) is 1.08. The minimum absolute atomic E-state index is 0.0647. The largest absolute Gasteiger partial charge is 0.245 e. The normalized spacial score (nSPS) is 16.7. The number of nitrogens with zero attached hydrogens (tertiary/aromatic N) is 1. The van der Waals surface area contributed by atoms with Crippen LogP contribution in [0.1, 0.15) is 12.8 Å². The molecule has 1 aromatic rings. The van der Waals surface area contributed by atoms with Crippen LogP contribution < -0.4 is 4.72 Å². The lowest BCUT2D eigenvalue weighted by molar-refractivity contribution is 0.533. The summed E-state index contributed by atoms with van der Waals surface area (Å²) in [5, 5.41) is -0.0714. The molecule has 0 bridgehead atoms. The first-order valence-electron chi connectivity index (χ1n) is 4.33. The Balaban J connectivity index is 2.34. The van der Waals surface area contributed by atoms with Crippen molar-refractivity contribution in [2.75, 3.05) is 0 Å². The SMILES string of the molecule is O=S(=O)(NC1CC1)c1ccc(Cl)nc1F. The molecule has 1 fully saturated rings. The summed E-state index contributed by atoms with van der Waals surface area (Å²) in [6.07, 6.45) is 1.59. The number of rotatable bonds is 3. The van der Waals surface area contributed by atoms with Gasteiger partial charge in [-0.3, -0.25) is 0 Å². The van der Waals surface area contributed by atoms with Crippen molar-refractivity contribution in [3.63, 3.8) is 0 Å². The Morgan fingerprint density at radius 3 is 2.67 bits per heavy atom. The average Bonchev–Trinajstić information content (AvgIpc) is 2.86. The minimum atomic E-state index is -3.79. The van der Waals surface area contributed by atoms with Crippen molar-refractivity contribution in [1.29, 1.82) is 0 Å². The summed E-state index contributed by atoms with van der Waals surface area (Å²) in [4.78, 5) is 2.79. The number of halogens is 2. The highest BCUT2D eigenvalue weighted by molar-refractivity contribution is 7.89. The molecule has 15 heavy (non-hydrogen) atoms. The van der Waals surface area contributed by atoms with Gasteiger partial charge in [0, 0.05) is 6.04 Å². The summed E-state index contributed by atoms with van der Waals surface area (Å²) in [7, 11) is -3.79. The van der Waals surface area contributed by atoms with Crippen molar-refractivity contribution < 1.29 is 12.8 Å². The number of sulfonamides is 1. The summed E-state index contributed by atoms with van der Waals surface area (Å²) in [5.41, 5.74) is 0. The third-order valence-corrected chi connectivity index (χ3v) is 3.71. The van der Waals surface area contributed by atoms with E-state index in [1.54, 1.807) is 0 Å². The summed E-state index contributed by atoms with van der Waals surface area (Å²) in [6.45, 7) is 0. The third-order valence-electron chi connectivity index (χ3n) is 1.97. The molecule has 0 spiro atoms. The molecule has 0 atom stereocenters. The maximum Gasteiger partial charge on any atom is 0.245 e. The minimum Gasteiger partial charge on any atom is -0.208 e. The fourth-order valence-corrected chi connectivity index (χ4v) is 2.54. The zero-order chi connectivity index (χ0) is 11.1. The lowest BCUT2D eigenvalue weighted by Crippen LogP contribution is -2.26. The Hall–Kier alpha value is -0.720. The average molecular weight is 251 g/mol. The maximum absolute atomic E-state index is 13.2. The van der Waals surface area contributed by atoms with Gasteiger partial charge >= 0.3 is 0 Å². The number of aromatic nitrogens is 1. The van der Waals surface area contributed by atoms with Gasteiger partial charge in [0.05, 0.1) is 0 Å². The van der Waals surface area contributed by atoms with Gasteiger partial charge in [-0.2, -0.15) is 4.39 Å². The monoisotopic (exact) mass is 250 g/mol. The van der Waals surface area contributed by atoms with Crippen molar-refractivity contribution in [1.82, 2.24) is 9.71 Å². The van der Waals surface area contributed by atoms with Gasteiger partial charge in [0.15, 0.2) is 0 Å². The van der Waals surface area contributed by atoms with Crippen LogP contribution in [0.15, 0.2) is 17.0 Å². The molecule has 7 heteroatoms. The van der Waals surface area contributed by atoms with E-state index in [2.05, 4.69) is 9.71 Å². The van der Waals surface area contributed by atoms with E-state index in [1.165, 1.54) is 6.07 Å². The van der Waals surface area contributed by atoms with E-state index in [1.807, 2.05) is 0 Å². The molecule has 0 unspecified atom stereocenters. The summed E-state index contributed by atoms with van der Waals surface area (Å²) in [6, 6.07) is 2.28. The Kier molecular flexibility index (Phi) is 2.66. The summed E-state index contributed by atoms with van der Waals surface area (Å²) in [5.74, 6) is -1.07. The Bertz CT molecular complexity index is 487. The van der Waals surface area contributed by atoms with E-state index in [9.17, 15) is 12.8 Å². The van der Waals surface area contributed by atoms with Crippen LogP contribution in [0.4, 0.5) is 4.39 Å². The molecule has 0 radical (unpaired) electrons. The van der Waals surface area contributed by atoms with E-state index in [0.717, 1.165) is 18.9 Å². The van der Waals surface area contributed by atoms with Crippen molar-refractivity contribution in [3.05, 3.63) is 23.2 Å². The van der Waals surface area contributed by atoms with Crippen LogP contribution >= 0.6 is 11.6 Å². The molecule has 2 rings (SSSR count). The maximum atomic E-state index is 13.2. The number of hydrogen-bond acceptors (Lipinski definition) is 3. The number of nitrogens with one attached hydrogen (secondary N) is 1. The topological polar surface area (TPSA) is 59.1 Å². The molecule has 0 amide bonds. The van der Waals surface area contributed by atoms with Gasteiger partial charge in [0.2, 0.25) is 16.0 Å². The molecule has 0 aliphatic heterocycles. The van der Waals surface area contributed by atoms with Crippen LogP contribution in [0.2, 0.25) is 5.15 Å². The van der Waals surface area contributed by atoms with Gasteiger partial charge in [0.1, 0.15) is 10.0 Å². The van der Waals surface area contributed by atoms with Gasteiger partial charge in [-0.05, 0) is 25.0 Å². The van der Waals surface area contributed by atoms with Crippen LogP contribution in [0.3, 0.4) is 0 Å². The van der Waals surface area contributed by atoms with Gasteiger partial charge in [-0.25, -0.2) is 18.1 Å². The highest BCUT2D eigenvalue weighted by atomic mass is 35.5. The number of pyridine rings is 1. The van der Waals surface area contributed by atoms with Gasteiger partial charge in [0.25, 0.3) is 0 Å². The second-order valence-electron chi connectivity index (χ2n) is 3.32. The van der Waals surface area contributed by atoms with E-state index in [0.29, 0.717) is 0 Å². The van der Waals surface area contributed by atoms with E-state index in [4.69, 9.17) is 11.6 Å². The molecule has 1 heterocycles. The molecule has 4 nitrogen and oxygen atoms in total. The molecule has 1 aromatic heterocycles. The van der Waals surface area contributed by atoms with Crippen LogP contribution in [0, 0.1) is 5.95 Å². The quantitative estimate of drug-likeness (QED) is 0.823. The summed E-state index contributed by atoms with van der Waals surface area (Å²) < 4.78 is 38.7. The first-order valence-corrected chi connectivity index (χ1v) is 6.19. The van der Waals surface area contributed by atoms with Gasteiger partial charge < -0.3 is 0 Å². The zero-order valence-electron chi connectivity index (χ0n) is 7.57. The molecule has 0 saturated heterocycles. The molecule has 1 aliphatic carbocycles. The zero-order valence-corrected chi connectivity index (χ0v) is 9.15. The van der Waals surface area contributed by atoms with Crippen molar-refractivity contribution >= 4 is 21.6 Å². The second-order valence-corrected chi connectivity index (χ2v) is 5.39. The Morgan fingerprint density at radius 2 is 2.13 bits per heavy atom. The van der Waals surface area contributed by atoms with Crippen molar-refractivity contribution in [2.45, 2.75) is 23.8 Å². The third kappa shape index (κ3) is 2.45. The molecular weight excluding hydrogens is 243 g/mol. The molecule has 1 aliphatic rings. The second kappa shape index (κ2) is 3.70. The van der Waals surface area contributed by atoms with E-state index < -0.39 is 20.9 Å². The van der Waals surface area contributed by atoms with Gasteiger partial charge in [-0.15, -0.1) is 0 Å². The van der Waals surface area contributed by atoms with Crippen LogP contribution in [-0.4, -0.2) is 19.4 Å². The lowest BCUT2D eigenvalue weighted by atomic mass is 10.5. The highest BCUT2D eigenvalue weighted by Gasteiger charge is 2.29. The lowest BCUT2D eigenvalue weighted by Gasteiger charge is -2.05. The first kappa shape index (κ1) is 10.8. The molecule has 0 aromatic carbocycles. The molecular formula is C8H8ClFN2O2S. The van der Waals surface area contributed by atoms with E-state index >= 15 is 0 Å². The molecule has 1 N–H and O–H groups in total. The number of hydrogen-bond donors (Lipinski definition) is 1. The highest BCUT2D eigenvalue weighted by Crippen LogP contribution is 2.23. The Morgan fingerprint density at radius 1 is 1.47 bits per heavy atom. The summed E-state index contributed by atoms with van der Waals surface area (Å²) >= 11 is 5.42. The fraction of sp³-hybridized carbons (Fsp3) is 0.375. The van der Waals surface area contributed by atoms with Crippen LogP contribution in [-0.2, 0) is 10.0 Å². The van der Waals surface area contributed by atoms with Crippen molar-refractivity contribution in [3.8, 4) is 0 Å². The first-order chi connectivity index (χ1) is 6.99. The molecule has 1 saturated carbocycles. The predicted octanol–water partition coefficient (Wildman–Crippen LogP) is 1.31. The standard InChI is InChI=1S/C8H8ClFN2O2S/c9-7-4-3-6(8(10)11-7)15(13,14)12-5-1-2-5/h3-5,12H,1-2H2. The Labute approximate surface area is 91.5 Å². The predicted molar refractivity (Wildman–Crippen MR) is 52.5 cm³/mol. The van der Waals surface area contributed by atoms with E-state index in [-0.39, 0.29) is 11.2 Å².